The minimum absolute atomic E-state index is 0.106. The van der Waals surface area contributed by atoms with Crippen molar-refractivity contribution < 1.29 is 23.8 Å². The van der Waals surface area contributed by atoms with E-state index in [0.717, 1.165) is 13.0 Å². The Morgan fingerprint density at radius 1 is 1.42 bits per heavy atom. The van der Waals surface area contributed by atoms with E-state index in [1.807, 2.05) is 0 Å². The summed E-state index contributed by atoms with van der Waals surface area (Å²) >= 11 is 14.9. The standard InChI is InChI=1S/C7H15Cl2N2O2P.C5H9NO3S/c8-2-4-10-14(12)11(6-3-9)5-1-7-13-14;1-3(7)6-4(2-10)5(8)9/h1-7H2,(H,10,12);4,10H,2H2,1H3,(H,6,7)(H,8,9). The van der Waals surface area contributed by atoms with Crippen molar-refractivity contribution in [2.45, 2.75) is 19.4 Å². The lowest BCUT2D eigenvalue weighted by Crippen LogP contribution is -2.40. The number of carbonyl (C=O) groups excluding carboxylic acids is 1. The quantitative estimate of drug-likeness (QED) is 0.265. The van der Waals surface area contributed by atoms with Gasteiger partial charge in [-0.15, -0.1) is 23.2 Å². The van der Waals surface area contributed by atoms with Gasteiger partial charge in [-0.05, 0) is 6.42 Å². The zero-order chi connectivity index (χ0) is 18.6. The maximum Gasteiger partial charge on any atom is 0.343 e. The number of thiol groups is 1. The molecule has 0 aromatic rings. The Balaban J connectivity index is 0.000000470. The van der Waals surface area contributed by atoms with Gasteiger partial charge in [0.05, 0.1) is 6.61 Å². The molecule has 3 N–H and O–H groups in total. The highest BCUT2D eigenvalue weighted by molar-refractivity contribution is 7.80. The highest BCUT2D eigenvalue weighted by atomic mass is 35.5. The molecule has 0 radical (unpaired) electrons. The molecule has 12 heteroatoms. The lowest BCUT2D eigenvalue weighted by molar-refractivity contribution is -0.140. The Kier molecular flexibility index (Phi) is 13.2. The Bertz CT molecular complexity index is 445. The first kappa shape index (κ1) is 24.0. The molecule has 8 nitrogen and oxygen atoms in total. The van der Waals surface area contributed by atoms with Gasteiger partial charge in [-0.25, -0.2) is 14.6 Å². The summed E-state index contributed by atoms with van der Waals surface area (Å²) in [6.45, 7) is 3.62. The molecule has 24 heavy (non-hydrogen) atoms. The second-order valence-electron chi connectivity index (χ2n) is 4.72. The van der Waals surface area contributed by atoms with E-state index in [0.29, 0.717) is 31.5 Å². The van der Waals surface area contributed by atoms with E-state index in [9.17, 15) is 14.2 Å². The summed E-state index contributed by atoms with van der Waals surface area (Å²) in [4.78, 5) is 20.5. The van der Waals surface area contributed by atoms with Crippen LogP contribution in [0.5, 0.6) is 0 Å². The topological polar surface area (TPSA) is 108 Å². The number of carboxylic acid groups (broad SMARTS) is 1. The van der Waals surface area contributed by atoms with Crippen LogP contribution in [0.3, 0.4) is 0 Å². The summed E-state index contributed by atoms with van der Waals surface area (Å²) in [6, 6.07) is -0.874. The number of nitrogens with zero attached hydrogens (tertiary/aromatic N) is 1. The molecule has 1 aliphatic heterocycles. The molecule has 2 unspecified atom stereocenters. The minimum Gasteiger partial charge on any atom is -0.480 e. The molecule has 0 spiro atoms. The van der Waals surface area contributed by atoms with Crippen molar-refractivity contribution in [3.05, 3.63) is 0 Å². The van der Waals surface area contributed by atoms with Crippen LogP contribution in [0.15, 0.2) is 0 Å². The van der Waals surface area contributed by atoms with Gasteiger partial charge in [-0.2, -0.15) is 12.6 Å². The SMILES string of the molecule is CC(=O)NC(CS)C(=O)O.O=P1(NCCCl)OCCCN1CCCl. The Labute approximate surface area is 157 Å². The number of aliphatic carboxylic acids is 1. The van der Waals surface area contributed by atoms with Crippen LogP contribution < -0.4 is 10.4 Å². The summed E-state index contributed by atoms with van der Waals surface area (Å²) < 4.78 is 19.2. The summed E-state index contributed by atoms with van der Waals surface area (Å²) in [5.74, 6) is -0.445. The molecule has 0 saturated carbocycles. The number of nitrogens with one attached hydrogen (secondary N) is 2. The third-order valence-electron chi connectivity index (χ3n) is 2.81. The molecule has 0 aromatic heterocycles. The van der Waals surface area contributed by atoms with E-state index >= 15 is 0 Å². The van der Waals surface area contributed by atoms with E-state index in [1.54, 1.807) is 4.67 Å². The van der Waals surface area contributed by atoms with E-state index in [4.69, 9.17) is 32.8 Å². The average Bonchev–Trinajstić information content (AvgIpc) is 2.53. The number of hydrogen-bond acceptors (Lipinski definition) is 5. The first-order valence-electron chi connectivity index (χ1n) is 7.28. The van der Waals surface area contributed by atoms with Gasteiger partial charge < -0.3 is 14.9 Å². The first-order chi connectivity index (χ1) is 11.3. The molecule has 0 aromatic carbocycles. The van der Waals surface area contributed by atoms with Crippen molar-refractivity contribution in [3.63, 3.8) is 0 Å². The normalized spacial score (nSPS) is 22.2. The van der Waals surface area contributed by atoms with Crippen LogP contribution in [0, 0.1) is 0 Å². The fraction of sp³-hybridized carbons (Fsp3) is 0.833. The van der Waals surface area contributed by atoms with E-state index in [1.165, 1.54) is 6.92 Å². The summed E-state index contributed by atoms with van der Waals surface area (Å²) in [7, 11) is -2.84. The number of hydrogen-bond donors (Lipinski definition) is 4. The Hall–Kier alpha value is -0.0200. The van der Waals surface area contributed by atoms with Gasteiger partial charge in [0.1, 0.15) is 6.04 Å². The van der Waals surface area contributed by atoms with E-state index in [-0.39, 0.29) is 11.7 Å². The molecule has 1 heterocycles. The van der Waals surface area contributed by atoms with Crippen molar-refractivity contribution in [3.8, 4) is 0 Å². The van der Waals surface area contributed by atoms with Crippen LogP contribution in [-0.2, 0) is 18.7 Å². The number of alkyl halides is 2. The van der Waals surface area contributed by atoms with Gasteiger partial charge in [-0.1, -0.05) is 0 Å². The molecule has 0 bridgehead atoms. The minimum atomic E-state index is -2.84. The van der Waals surface area contributed by atoms with Crippen molar-refractivity contribution in [1.82, 2.24) is 15.1 Å². The van der Waals surface area contributed by atoms with Crippen molar-refractivity contribution in [2.75, 3.05) is 43.8 Å². The van der Waals surface area contributed by atoms with Crippen molar-refractivity contribution in [1.29, 1.82) is 0 Å². The predicted molar refractivity (Wildman–Crippen MR) is 98.3 cm³/mol. The van der Waals surface area contributed by atoms with E-state index in [2.05, 4.69) is 23.0 Å². The fourth-order valence-corrected chi connectivity index (χ4v) is 4.54. The maximum absolute atomic E-state index is 12.2. The maximum atomic E-state index is 12.2. The second-order valence-corrected chi connectivity index (χ2v) is 8.02. The predicted octanol–water partition coefficient (Wildman–Crippen LogP) is 1.39. The van der Waals surface area contributed by atoms with Gasteiger partial charge in [0.15, 0.2) is 0 Å². The summed E-state index contributed by atoms with van der Waals surface area (Å²) in [5, 5.41) is 13.4. The first-order valence-corrected chi connectivity index (χ1v) is 10.6. The Morgan fingerprint density at radius 3 is 2.50 bits per heavy atom. The number of amides is 1. The molecule has 1 saturated heterocycles. The van der Waals surface area contributed by atoms with Gasteiger partial charge in [0.25, 0.3) is 0 Å². The van der Waals surface area contributed by atoms with Crippen LogP contribution in [0.1, 0.15) is 13.3 Å². The largest absolute Gasteiger partial charge is 0.480 e. The lowest BCUT2D eigenvalue weighted by Gasteiger charge is -2.34. The molecule has 1 rings (SSSR count). The van der Waals surface area contributed by atoms with Crippen LogP contribution >= 0.6 is 43.5 Å². The number of carbonyl (C=O) groups is 2. The van der Waals surface area contributed by atoms with Gasteiger partial charge in [0.2, 0.25) is 5.91 Å². The van der Waals surface area contributed by atoms with Crippen molar-refractivity contribution in [2.24, 2.45) is 0 Å². The molecule has 0 aliphatic carbocycles. The third kappa shape index (κ3) is 9.46. The van der Waals surface area contributed by atoms with Crippen LogP contribution in [0.2, 0.25) is 0 Å². The Morgan fingerprint density at radius 2 is 2.08 bits per heavy atom. The highest BCUT2D eigenvalue weighted by Crippen LogP contribution is 2.48. The molecule has 2 atom stereocenters. The second kappa shape index (κ2) is 13.2. The molecule has 1 fully saturated rings. The van der Waals surface area contributed by atoms with Gasteiger partial charge in [-0.3, -0.25) is 9.36 Å². The number of rotatable bonds is 8. The van der Waals surface area contributed by atoms with E-state index < -0.39 is 19.7 Å². The summed E-state index contributed by atoms with van der Waals surface area (Å²) in [6.07, 6.45) is 0.892. The highest BCUT2D eigenvalue weighted by Gasteiger charge is 2.33. The third-order valence-corrected chi connectivity index (χ3v) is 5.83. The molecular formula is C12H24Cl2N3O5PS. The van der Waals surface area contributed by atoms with Crippen molar-refractivity contribution >= 4 is 55.4 Å². The monoisotopic (exact) mass is 423 g/mol. The van der Waals surface area contributed by atoms with Gasteiger partial charge >= 0.3 is 13.6 Å². The summed E-state index contributed by atoms with van der Waals surface area (Å²) in [5.41, 5.74) is 0. The zero-order valence-corrected chi connectivity index (χ0v) is 16.7. The molecule has 142 valence electrons. The number of carboxylic acids is 1. The van der Waals surface area contributed by atoms with Crippen LogP contribution in [-0.4, -0.2) is 71.4 Å². The molecule has 1 amide bonds. The fourth-order valence-electron chi connectivity index (χ4n) is 1.75. The van der Waals surface area contributed by atoms with Crippen LogP contribution in [0.4, 0.5) is 0 Å². The lowest BCUT2D eigenvalue weighted by atomic mass is 10.3. The molecule has 1 aliphatic rings. The van der Waals surface area contributed by atoms with Gasteiger partial charge in [0, 0.05) is 44.1 Å². The zero-order valence-electron chi connectivity index (χ0n) is 13.4. The number of halogens is 2. The average molecular weight is 424 g/mol. The molecular weight excluding hydrogens is 400 g/mol. The smallest absolute Gasteiger partial charge is 0.343 e. The van der Waals surface area contributed by atoms with Crippen LogP contribution in [0.25, 0.3) is 0 Å².